The summed E-state index contributed by atoms with van der Waals surface area (Å²) in [5.41, 5.74) is 6.86. The van der Waals surface area contributed by atoms with E-state index >= 15 is 0 Å². The van der Waals surface area contributed by atoms with Gasteiger partial charge in [-0.25, -0.2) is 9.67 Å². The number of aryl methyl sites for hydroxylation is 2. The van der Waals surface area contributed by atoms with Gasteiger partial charge in [-0.3, -0.25) is 4.98 Å². The van der Waals surface area contributed by atoms with Crippen molar-refractivity contribution >= 4 is 33.7 Å². The van der Waals surface area contributed by atoms with Crippen LogP contribution in [0.4, 0.5) is 0 Å². The van der Waals surface area contributed by atoms with Crippen LogP contribution in [0.2, 0.25) is 5.15 Å². The molecule has 0 radical (unpaired) electrons. The van der Waals surface area contributed by atoms with Gasteiger partial charge >= 0.3 is 0 Å². The van der Waals surface area contributed by atoms with E-state index < -0.39 is 0 Å². The molecule has 1 aliphatic rings. The summed E-state index contributed by atoms with van der Waals surface area (Å²) in [6.45, 7) is 3.50. The molecule has 0 unspecified atom stereocenters. The molecule has 1 aromatic carbocycles. The molecule has 1 aliphatic heterocycles. The first-order valence-electron chi connectivity index (χ1n) is 11.6. The van der Waals surface area contributed by atoms with E-state index in [-0.39, 0.29) is 6.04 Å². The third-order valence-corrected chi connectivity index (χ3v) is 7.06. The Morgan fingerprint density at radius 3 is 2.62 bits per heavy atom. The molecule has 0 aliphatic carbocycles. The summed E-state index contributed by atoms with van der Waals surface area (Å²) in [5, 5.41) is 9.91. The highest BCUT2D eigenvalue weighted by Crippen LogP contribution is 2.40. The van der Waals surface area contributed by atoms with Gasteiger partial charge in [0.15, 0.2) is 0 Å². The molecule has 7 nitrogen and oxygen atoms in total. The molecule has 8 heteroatoms. The van der Waals surface area contributed by atoms with Crippen molar-refractivity contribution in [1.82, 2.24) is 29.5 Å². The van der Waals surface area contributed by atoms with Crippen molar-refractivity contribution in [3.63, 3.8) is 0 Å². The van der Waals surface area contributed by atoms with E-state index in [0.717, 1.165) is 65.1 Å². The lowest BCUT2D eigenvalue weighted by atomic mass is 9.86. The highest BCUT2D eigenvalue weighted by molar-refractivity contribution is 6.30. The van der Waals surface area contributed by atoms with Crippen LogP contribution in [-0.2, 0) is 11.8 Å². The quantitative estimate of drug-likeness (QED) is 0.329. The first-order valence-corrected chi connectivity index (χ1v) is 11.9. The fourth-order valence-corrected chi connectivity index (χ4v) is 5.48. The summed E-state index contributed by atoms with van der Waals surface area (Å²) in [5.74, 6) is 0.402. The molecule has 0 amide bonds. The number of ether oxygens (including phenoxy) is 1. The zero-order chi connectivity index (χ0) is 23.2. The standard InChI is InChI=1S/C26H25ClN6O/c1-16-24(32(2)31-30-16)19-14-21-23(28-15-19)20-8-9-22(27)29-26(20)33(21)25(17-6-4-3-5-7-17)18-10-12-34-13-11-18/h3-9,14-15,18,25H,10-13H2,1-2H3/t25-/m0/s1. The van der Waals surface area contributed by atoms with Crippen molar-refractivity contribution in [2.45, 2.75) is 25.8 Å². The second-order valence-corrected chi connectivity index (χ2v) is 9.31. The maximum absolute atomic E-state index is 6.42. The lowest BCUT2D eigenvalue weighted by molar-refractivity contribution is 0.0552. The van der Waals surface area contributed by atoms with Crippen LogP contribution in [0.3, 0.4) is 0 Å². The molecule has 1 atom stereocenters. The van der Waals surface area contributed by atoms with Gasteiger partial charge in [-0.05, 0) is 49.4 Å². The number of pyridine rings is 2. The number of hydrogen-bond donors (Lipinski definition) is 0. The summed E-state index contributed by atoms with van der Waals surface area (Å²) in [6, 6.07) is 16.8. The minimum atomic E-state index is 0.0823. The normalized spacial score (nSPS) is 15.9. The van der Waals surface area contributed by atoms with Gasteiger partial charge < -0.3 is 9.30 Å². The third-order valence-electron chi connectivity index (χ3n) is 6.85. The highest BCUT2D eigenvalue weighted by Gasteiger charge is 2.31. The fraction of sp³-hybridized carbons (Fsp3) is 0.308. The monoisotopic (exact) mass is 472 g/mol. The maximum Gasteiger partial charge on any atom is 0.144 e. The molecule has 1 fully saturated rings. The molecule has 0 saturated carbocycles. The van der Waals surface area contributed by atoms with Gasteiger partial charge in [0.1, 0.15) is 10.8 Å². The van der Waals surface area contributed by atoms with E-state index in [1.54, 1.807) is 4.68 Å². The molecular formula is C26H25ClN6O. The Balaban J connectivity index is 1.67. The first kappa shape index (κ1) is 21.3. The van der Waals surface area contributed by atoms with E-state index in [2.05, 4.69) is 51.3 Å². The first-order chi connectivity index (χ1) is 16.6. The zero-order valence-corrected chi connectivity index (χ0v) is 19.9. The number of benzene rings is 1. The Morgan fingerprint density at radius 2 is 1.88 bits per heavy atom. The number of nitrogens with zero attached hydrogens (tertiary/aromatic N) is 6. The maximum atomic E-state index is 6.42. The Hall–Kier alpha value is -3.29. The molecule has 0 spiro atoms. The second kappa shape index (κ2) is 8.49. The lowest BCUT2D eigenvalue weighted by Crippen LogP contribution is -2.27. The predicted molar refractivity (Wildman–Crippen MR) is 133 cm³/mol. The number of rotatable bonds is 4. The molecule has 5 heterocycles. The van der Waals surface area contributed by atoms with Gasteiger partial charge in [-0.15, -0.1) is 5.10 Å². The van der Waals surface area contributed by atoms with Crippen molar-refractivity contribution < 1.29 is 4.74 Å². The predicted octanol–water partition coefficient (Wildman–Crippen LogP) is 5.36. The van der Waals surface area contributed by atoms with Crippen LogP contribution in [0.15, 0.2) is 54.7 Å². The van der Waals surface area contributed by atoms with E-state index in [9.17, 15) is 0 Å². The van der Waals surface area contributed by atoms with Gasteiger partial charge in [-0.2, -0.15) is 0 Å². The molecule has 4 aromatic heterocycles. The minimum Gasteiger partial charge on any atom is -0.381 e. The van der Waals surface area contributed by atoms with Gasteiger partial charge in [0.25, 0.3) is 0 Å². The lowest BCUT2D eigenvalue weighted by Gasteiger charge is -2.32. The number of aromatic nitrogens is 6. The summed E-state index contributed by atoms with van der Waals surface area (Å²) >= 11 is 6.42. The summed E-state index contributed by atoms with van der Waals surface area (Å²) in [6.07, 6.45) is 3.87. The van der Waals surface area contributed by atoms with Crippen molar-refractivity contribution in [2.75, 3.05) is 13.2 Å². The average molecular weight is 473 g/mol. The zero-order valence-electron chi connectivity index (χ0n) is 19.1. The molecule has 172 valence electrons. The number of halogens is 1. The van der Waals surface area contributed by atoms with E-state index in [1.165, 1.54) is 5.56 Å². The molecule has 5 aromatic rings. The van der Waals surface area contributed by atoms with Crippen LogP contribution in [0.25, 0.3) is 33.3 Å². The van der Waals surface area contributed by atoms with Gasteiger partial charge in [-0.1, -0.05) is 47.1 Å². The Morgan fingerprint density at radius 1 is 1.09 bits per heavy atom. The molecular weight excluding hydrogens is 448 g/mol. The molecule has 6 rings (SSSR count). The fourth-order valence-electron chi connectivity index (χ4n) is 5.33. The van der Waals surface area contributed by atoms with E-state index in [1.807, 2.05) is 32.3 Å². The van der Waals surface area contributed by atoms with Crippen LogP contribution in [-0.4, -0.2) is 42.7 Å². The van der Waals surface area contributed by atoms with E-state index in [0.29, 0.717) is 11.1 Å². The molecule has 0 bridgehead atoms. The SMILES string of the molecule is Cc1nnn(C)c1-c1cnc2c3ccc(Cl)nc3n([C@@H](c3ccccc3)C3CCOCC3)c2c1. The van der Waals surface area contributed by atoms with Gasteiger partial charge in [0, 0.05) is 37.4 Å². The summed E-state index contributed by atoms with van der Waals surface area (Å²) < 4.78 is 9.86. The molecule has 1 saturated heterocycles. The van der Waals surface area contributed by atoms with Crippen LogP contribution in [0.5, 0.6) is 0 Å². The Labute approximate surface area is 202 Å². The minimum absolute atomic E-state index is 0.0823. The van der Waals surface area contributed by atoms with Crippen molar-refractivity contribution in [1.29, 1.82) is 0 Å². The van der Waals surface area contributed by atoms with Gasteiger partial charge in [0.05, 0.1) is 28.5 Å². The Kier molecular flexibility index (Phi) is 5.31. The van der Waals surface area contributed by atoms with Crippen molar-refractivity contribution in [3.8, 4) is 11.3 Å². The summed E-state index contributed by atoms with van der Waals surface area (Å²) in [7, 11) is 1.91. The van der Waals surface area contributed by atoms with E-state index in [4.69, 9.17) is 26.3 Å². The van der Waals surface area contributed by atoms with Crippen molar-refractivity contribution in [2.24, 2.45) is 13.0 Å². The molecule has 0 N–H and O–H groups in total. The van der Waals surface area contributed by atoms with Gasteiger partial charge in [0.2, 0.25) is 0 Å². The van der Waals surface area contributed by atoms with Crippen LogP contribution >= 0.6 is 11.6 Å². The third kappa shape index (κ3) is 3.47. The number of fused-ring (bicyclic) bond motifs is 3. The smallest absolute Gasteiger partial charge is 0.144 e. The van der Waals surface area contributed by atoms with Crippen molar-refractivity contribution in [3.05, 3.63) is 71.1 Å². The average Bonchev–Trinajstić information content (AvgIpc) is 3.36. The van der Waals surface area contributed by atoms with Crippen LogP contribution in [0, 0.1) is 12.8 Å². The summed E-state index contributed by atoms with van der Waals surface area (Å²) in [4.78, 5) is 9.73. The second-order valence-electron chi connectivity index (χ2n) is 8.92. The Bertz CT molecular complexity index is 1470. The molecule has 34 heavy (non-hydrogen) atoms. The highest BCUT2D eigenvalue weighted by atomic mass is 35.5. The van der Waals surface area contributed by atoms with Crippen LogP contribution < -0.4 is 0 Å². The topological polar surface area (TPSA) is 70.7 Å². The largest absolute Gasteiger partial charge is 0.381 e. The number of hydrogen-bond acceptors (Lipinski definition) is 5. The van der Waals surface area contributed by atoms with Crippen LogP contribution in [0.1, 0.15) is 30.1 Å².